The van der Waals surface area contributed by atoms with Crippen LogP contribution in [0.5, 0.6) is 0 Å². The van der Waals surface area contributed by atoms with E-state index in [9.17, 15) is 4.39 Å². The first-order valence-electron chi connectivity index (χ1n) is 9.89. The summed E-state index contributed by atoms with van der Waals surface area (Å²) in [5, 5.41) is 4.29. The lowest BCUT2D eigenvalue weighted by molar-refractivity contribution is 0.0681. The van der Waals surface area contributed by atoms with E-state index < -0.39 is 0 Å². The van der Waals surface area contributed by atoms with Gasteiger partial charge in [0.2, 0.25) is 5.95 Å². The molecule has 1 aliphatic carbocycles. The summed E-state index contributed by atoms with van der Waals surface area (Å²) < 4.78 is 21.7. The van der Waals surface area contributed by atoms with E-state index in [0.717, 1.165) is 53.5 Å². The average molecular weight is 394 g/mol. The second-order valence-electron chi connectivity index (χ2n) is 7.68. The summed E-state index contributed by atoms with van der Waals surface area (Å²) in [7, 11) is 1.77. The number of anilines is 1. The number of aromatic amines is 1. The number of aromatic nitrogens is 5. The number of nitrogens with one attached hydrogen (secondary N) is 2. The van der Waals surface area contributed by atoms with Gasteiger partial charge in [0.25, 0.3) is 0 Å². The van der Waals surface area contributed by atoms with Gasteiger partial charge in [0.15, 0.2) is 11.5 Å². The Bertz CT molecular complexity index is 1170. The van der Waals surface area contributed by atoms with Crippen LogP contribution < -0.4 is 5.32 Å². The SMILES string of the molecule is CO[C@H]1CC[C@@H](Nc2ncc3c(-c4cc(F)c5ncc(C)n5c4)c[nH]c3n2)CC1. The molecule has 8 heteroatoms. The first-order chi connectivity index (χ1) is 14.1. The van der Waals surface area contributed by atoms with E-state index >= 15 is 0 Å². The molecule has 0 spiro atoms. The fourth-order valence-corrected chi connectivity index (χ4v) is 4.15. The molecule has 0 aliphatic heterocycles. The summed E-state index contributed by atoms with van der Waals surface area (Å²) in [6.45, 7) is 1.90. The minimum Gasteiger partial charge on any atom is -0.381 e. The number of hydrogen-bond acceptors (Lipinski definition) is 5. The van der Waals surface area contributed by atoms with Crippen LogP contribution in [0.4, 0.5) is 10.3 Å². The smallest absolute Gasteiger partial charge is 0.224 e. The van der Waals surface area contributed by atoms with Crippen molar-refractivity contribution in [1.29, 1.82) is 0 Å². The van der Waals surface area contributed by atoms with E-state index in [1.165, 1.54) is 6.07 Å². The number of fused-ring (bicyclic) bond motifs is 2. The molecule has 2 N–H and O–H groups in total. The van der Waals surface area contributed by atoms with Gasteiger partial charge in [-0.15, -0.1) is 0 Å². The Morgan fingerprint density at radius 1 is 1.21 bits per heavy atom. The minimum absolute atomic E-state index is 0.331. The number of ether oxygens (including phenoxy) is 1. The second-order valence-corrected chi connectivity index (χ2v) is 7.68. The van der Waals surface area contributed by atoms with Crippen LogP contribution in [0, 0.1) is 12.7 Å². The molecule has 1 fully saturated rings. The highest BCUT2D eigenvalue weighted by Crippen LogP contribution is 2.30. The average Bonchev–Trinajstić information content (AvgIpc) is 3.32. The molecule has 0 atom stereocenters. The molecular formula is C21H23FN6O. The van der Waals surface area contributed by atoms with Gasteiger partial charge >= 0.3 is 0 Å². The Morgan fingerprint density at radius 3 is 2.83 bits per heavy atom. The Balaban J connectivity index is 1.43. The van der Waals surface area contributed by atoms with Crippen molar-refractivity contribution in [3.8, 4) is 11.1 Å². The fraction of sp³-hybridized carbons (Fsp3) is 0.381. The van der Waals surface area contributed by atoms with Crippen molar-refractivity contribution in [2.45, 2.75) is 44.8 Å². The Kier molecular flexibility index (Phi) is 4.43. The van der Waals surface area contributed by atoms with Crippen molar-refractivity contribution >= 4 is 22.6 Å². The number of rotatable bonds is 4. The van der Waals surface area contributed by atoms with Crippen LogP contribution >= 0.6 is 0 Å². The van der Waals surface area contributed by atoms with E-state index in [-0.39, 0.29) is 5.82 Å². The predicted octanol–water partition coefficient (Wildman–Crippen LogP) is 4.09. The fourth-order valence-electron chi connectivity index (χ4n) is 4.15. The molecular weight excluding hydrogens is 371 g/mol. The normalized spacial score (nSPS) is 19.8. The zero-order valence-electron chi connectivity index (χ0n) is 16.4. The molecule has 0 amide bonds. The molecule has 1 aliphatic rings. The third-order valence-corrected chi connectivity index (χ3v) is 5.83. The quantitative estimate of drug-likeness (QED) is 0.545. The molecule has 0 aromatic carbocycles. The van der Waals surface area contributed by atoms with E-state index in [0.29, 0.717) is 23.7 Å². The van der Waals surface area contributed by atoms with Crippen molar-refractivity contribution in [1.82, 2.24) is 24.3 Å². The van der Waals surface area contributed by atoms with Crippen molar-refractivity contribution < 1.29 is 9.13 Å². The zero-order chi connectivity index (χ0) is 20.0. The maximum atomic E-state index is 14.5. The topological polar surface area (TPSA) is 80.1 Å². The summed E-state index contributed by atoms with van der Waals surface area (Å²) in [6, 6.07) is 1.86. The lowest BCUT2D eigenvalue weighted by Crippen LogP contribution is -2.29. The predicted molar refractivity (Wildman–Crippen MR) is 109 cm³/mol. The largest absolute Gasteiger partial charge is 0.381 e. The van der Waals surface area contributed by atoms with Crippen molar-refractivity contribution in [2.75, 3.05) is 12.4 Å². The number of methoxy groups -OCH3 is 1. The maximum absolute atomic E-state index is 14.5. The van der Waals surface area contributed by atoms with Gasteiger partial charge in [-0.25, -0.2) is 14.4 Å². The Hall–Kier alpha value is -3.00. The van der Waals surface area contributed by atoms with Crippen LogP contribution in [0.25, 0.3) is 27.8 Å². The van der Waals surface area contributed by atoms with Gasteiger partial charge < -0.3 is 19.4 Å². The zero-order valence-corrected chi connectivity index (χ0v) is 16.4. The Morgan fingerprint density at radius 2 is 2.03 bits per heavy atom. The van der Waals surface area contributed by atoms with Gasteiger partial charge in [-0.05, 0) is 38.7 Å². The van der Waals surface area contributed by atoms with E-state index in [1.54, 1.807) is 23.9 Å². The summed E-state index contributed by atoms with van der Waals surface area (Å²) in [5.41, 5.74) is 3.56. The number of aryl methyl sites for hydroxylation is 1. The van der Waals surface area contributed by atoms with Gasteiger partial charge in [0, 0.05) is 60.1 Å². The van der Waals surface area contributed by atoms with Gasteiger partial charge in [0.1, 0.15) is 5.65 Å². The van der Waals surface area contributed by atoms with Gasteiger partial charge in [-0.1, -0.05) is 0 Å². The van der Waals surface area contributed by atoms with E-state index in [4.69, 9.17) is 4.74 Å². The molecule has 29 heavy (non-hydrogen) atoms. The standard InChI is InChI=1S/C21H23FN6O/c1-12-8-24-20-18(22)7-13(11-28(12)20)16-9-23-19-17(16)10-25-21(27-19)26-14-3-5-15(29-2)6-4-14/h7-11,14-15H,3-6H2,1-2H3,(H2,23,25,26,27)/t14-,15+. The van der Waals surface area contributed by atoms with Crippen LogP contribution in [0.2, 0.25) is 0 Å². The van der Waals surface area contributed by atoms with Crippen LogP contribution in [0.1, 0.15) is 31.4 Å². The molecule has 7 nitrogen and oxygen atoms in total. The Labute approximate surface area is 167 Å². The van der Waals surface area contributed by atoms with Crippen molar-refractivity contribution in [3.63, 3.8) is 0 Å². The maximum Gasteiger partial charge on any atom is 0.224 e. The molecule has 0 unspecified atom stereocenters. The molecule has 0 saturated heterocycles. The molecule has 1 saturated carbocycles. The summed E-state index contributed by atoms with van der Waals surface area (Å²) in [6.07, 6.45) is 11.7. The van der Waals surface area contributed by atoms with Gasteiger partial charge in [0.05, 0.1) is 6.10 Å². The second kappa shape index (κ2) is 7.11. The van der Waals surface area contributed by atoms with Crippen LogP contribution in [0.3, 0.4) is 0 Å². The monoisotopic (exact) mass is 394 g/mol. The minimum atomic E-state index is -0.351. The number of H-pyrrole nitrogens is 1. The van der Waals surface area contributed by atoms with E-state index in [2.05, 4.69) is 25.3 Å². The van der Waals surface area contributed by atoms with Crippen molar-refractivity contribution in [3.05, 3.63) is 42.4 Å². The summed E-state index contributed by atoms with van der Waals surface area (Å²) in [4.78, 5) is 16.4. The lowest BCUT2D eigenvalue weighted by atomic mass is 9.93. The number of pyridine rings is 1. The third-order valence-electron chi connectivity index (χ3n) is 5.83. The van der Waals surface area contributed by atoms with Crippen LogP contribution in [0.15, 0.2) is 30.9 Å². The van der Waals surface area contributed by atoms with E-state index in [1.807, 2.05) is 19.3 Å². The summed E-state index contributed by atoms with van der Waals surface area (Å²) in [5.74, 6) is 0.259. The lowest BCUT2D eigenvalue weighted by Gasteiger charge is -2.28. The van der Waals surface area contributed by atoms with Crippen molar-refractivity contribution in [2.24, 2.45) is 0 Å². The first-order valence-corrected chi connectivity index (χ1v) is 9.89. The number of nitrogens with zero attached hydrogens (tertiary/aromatic N) is 4. The highest BCUT2D eigenvalue weighted by atomic mass is 19.1. The number of hydrogen-bond donors (Lipinski definition) is 2. The molecule has 150 valence electrons. The molecule has 5 rings (SSSR count). The van der Waals surface area contributed by atoms with Gasteiger partial charge in [-0.3, -0.25) is 0 Å². The first kappa shape index (κ1) is 18.1. The summed E-state index contributed by atoms with van der Waals surface area (Å²) >= 11 is 0. The van der Waals surface area contributed by atoms with Crippen LogP contribution in [-0.2, 0) is 4.74 Å². The number of halogens is 1. The molecule has 0 bridgehead atoms. The molecule has 4 aromatic rings. The highest BCUT2D eigenvalue weighted by molar-refractivity contribution is 5.93. The molecule has 4 heterocycles. The van der Waals surface area contributed by atoms with Crippen LogP contribution in [-0.4, -0.2) is 43.6 Å². The number of imidazole rings is 1. The van der Waals surface area contributed by atoms with Gasteiger partial charge in [-0.2, -0.15) is 4.98 Å². The highest BCUT2D eigenvalue weighted by Gasteiger charge is 2.21. The molecule has 0 radical (unpaired) electrons. The molecule has 4 aromatic heterocycles. The third kappa shape index (κ3) is 3.23.